The van der Waals surface area contributed by atoms with E-state index >= 15 is 0 Å². The van der Waals surface area contributed by atoms with Gasteiger partial charge in [0, 0.05) is 18.7 Å². The van der Waals surface area contributed by atoms with Crippen LogP contribution in [-0.4, -0.2) is 39.4 Å². The Kier molecular flexibility index (Phi) is 6.98. The molecular formula is C23H28FN3O4Si. The highest BCUT2D eigenvalue weighted by Crippen LogP contribution is 2.22. The maximum atomic E-state index is 14.6. The molecule has 9 heteroatoms. The molecule has 1 aliphatic rings. The quantitative estimate of drug-likeness (QED) is 0.556. The van der Waals surface area contributed by atoms with Gasteiger partial charge < -0.3 is 20.7 Å². The van der Waals surface area contributed by atoms with Crippen LogP contribution < -0.4 is 25.9 Å². The maximum absolute atomic E-state index is 14.6. The zero-order chi connectivity index (χ0) is 23.5. The Morgan fingerprint density at radius 1 is 1.16 bits per heavy atom. The topological polar surface area (TPSA) is 96.5 Å². The van der Waals surface area contributed by atoms with E-state index in [9.17, 15) is 18.8 Å². The summed E-state index contributed by atoms with van der Waals surface area (Å²) in [6.07, 6.45) is 0.0755. The summed E-state index contributed by atoms with van der Waals surface area (Å²) < 4.78 is 19.8. The van der Waals surface area contributed by atoms with Gasteiger partial charge in [-0.1, -0.05) is 37.8 Å². The molecule has 3 rings (SSSR count). The van der Waals surface area contributed by atoms with Gasteiger partial charge in [-0.3, -0.25) is 14.4 Å². The number of carbonyl (C=O) groups excluding carboxylic acids is 3. The molecular weight excluding hydrogens is 429 g/mol. The Bertz CT molecular complexity index is 1020. The average molecular weight is 458 g/mol. The van der Waals surface area contributed by atoms with Gasteiger partial charge in [0.2, 0.25) is 11.8 Å². The Balaban J connectivity index is 1.83. The molecule has 3 N–H and O–H groups in total. The number of hydrogen-bond donors (Lipinski definition) is 3. The third-order valence-electron chi connectivity index (χ3n) is 5.39. The van der Waals surface area contributed by atoms with Gasteiger partial charge in [0.15, 0.2) is 0 Å². The van der Waals surface area contributed by atoms with Gasteiger partial charge in [-0.15, -0.1) is 0 Å². The van der Waals surface area contributed by atoms with E-state index in [0.29, 0.717) is 22.2 Å². The number of benzene rings is 2. The lowest BCUT2D eigenvalue weighted by molar-refractivity contribution is -0.129. The Labute approximate surface area is 187 Å². The lowest BCUT2D eigenvalue weighted by Gasteiger charge is -2.22. The summed E-state index contributed by atoms with van der Waals surface area (Å²) in [5.74, 6) is -1.42. The molecule has 0 aliphatic carbocycles. The molecule has 0 radical (unpaired) electrons. The van der Waals surface area contributed by atoms with Crippen LogP contribution in [0.2, 0.25) is 19.6 Å². The molecule has 0 unspecified atom stereocenters. The van der Waals surface area contributed by atoms with Crippen molar-refractivity contribution in [2.24, 2.45) is 5.92 Å². The minimum Gasteiger partial charge on any atom is -0.497 e. The standard InChI is InChI=1S/C23H28FN3O4Si/c1-31-17-8-5-14(6-9-17)21(27-22(29)15-11-20(28)25-13-15)23(30)26-16-7-10-19(18(24)12-16)32(2,3)4/h5-10,12,15,21H,11,13H2,1-4H3,(H,25,28)(H,26,30)(H,27,29)/t15-,21-/m1/s1. The Morgan fingerprint density at radius 3 is 2.38 bits per heavy atom. The predicted octanol–water partition coefficient (Wildman–Crippen LogP) is 2.31. The summed E-state index contributed by atoms with van der Waals surface area (Å²) in [6.45, 7) is 6.36. The van der Waals surface area contributed by atoms with Crippen LogP contribution in [0.25, 0.3) is 0 Å². The fraction of sp³-hybridized carbons (Fsp3) is 0.348. The van der Waals surface area contributed by atoms with Crippen LogP contribution in [0.4, 0.5) is 10.1 Å². The molecule has 7 nitrogen and oxygen atoms in total. The first-order valence-corrected chi connectivity index (χ1v) is 13.9. The minimum absolute atomic E-state index is 0.0755. The van der Waals surface area contributed by atoms with Crippen molar-refractivity contribution in [3.05, 3.63) is 53.8 Å². The summed E-state index contributed by atoms with van der Waals surface area (Å²) in [5.41, 5.74) is 0.841. The molecule has 170 valence electrons. The van der Waals surface area contributed by atoms with E-state index in [-0.39, 0.29) is 24.7 Å². The number of ether oxygens (including phenoxy) is 1. The highest BCUT2D eigenvalue weighted by molar-refractivity contribution is 6.88. The fourth-order valence-electron chi connectivity index (χ4n) is 3.56. The maximum Gasteiger partial charge on any atom is 0.251 e. The smallest absolute Gasteiger partial charge is 0.251 e. The second-order valence-corrected chi connectivity index (χ2v) is 13.9. The van der Waals surface area contributed by atoms with E-state index in [1.807, 2.05) is 19.6 Å². The second-order valence-electron chi connectivity index (χ2n) is 8.85. The van der Waals surface area contributed by atoms with Crippen LogP contribution in [-0.2, 0) is 14.4 Å². The largest absolute Gasteiger partial charge is 0.497 e. The molecule has 2 aromatic carbocycles. The Morgan fingerprint density at radius 2 is 1.84 bits per heavy atom. The lowest BCUT2D eigenvalue weighted by Crippen LogP contribution is -2.41. The van der Waals surface area contributed by atoms with Crippen LogP contribution in [0, 0.1) is 11.7 Å². The van der Waals surface area contributed by atoms with Gasteiger partial charge >= 0.3 is 0 Å². The molecule has 0 bridgehead atoms. The van der Waals surface area contributed by atoms with Crippen LogP contribution in [0.15, 0.2) is 42.5 Å². The molecule has 2 aromatic rings. The molecule has 1 saturated heterocycles. The van der Waals surface area contributed by atoms with Crippen LogP contribution in [0.3, 0.4) is 0 Å². The van der Waals surface area contributed by atoms with Gasteiger partial charge in [-0.2, -0.15) is 0 Å². The van der Waals surface area contributed by atoms with Crippen molar-refractivity contribution in [3.63, 3.8) is 0 Å². The minimum atomic E-state index is -1.86. The highest BCUT2D eigenvalue weighted by Gasteiger charge is 2.32. The first-order valence-electron chi connectivity index (χ1n) is 10.4. The van der Waals surface area contributed by atoms with E-state index in [2.05, 4.69) is 16.0 Å². The number of amides is 3. The van der Waals surface area contributed by atoms with Crippen molar-refractivity contribution >= 4 is 36.7 Å². The molecule has 1 fully saturated rings. The fourth-order valence-corrected chi connectivity index (χ4v) is 4.93. The molecule has 3 amide bonds. The number of nitrogens with one attached hydrogen (secondary N) is 3. The van der Waals surface area contributed by atoms with Crippen molar-refractivity contribution in [2.75, 3.05) is 19.0 Å². The molecule has 1 aliphatic heterocycles. The number of carbonyl (C=O) groups is 3. The van der Waals surface area contributed by atoms with Gasteiger partial charge in [0.05, 0.1) is 21.1 Å². The molecule has 0 spiro atoms. The van der Waals surface area contributed by atoms with E-state index in [4.69, 9.17) is 4.74 Å². The molecule has 0 aromatic heterocycles. The number of methoxy groups -OCH3 is 1. The molecule has 1 heterocycles. The van der Waals surface area contributed by atoms with Gasteiger partial charge in [0.1, 0.15) is 17.6 Å². The van der Waals surface area contributed by atoms with Crippen molar-refractivity contribution in [3.8, 4) is 5.75 Å². The second kappa shape index (κ2) is 9.52. The molecule has 0 saturated carbocycles. The van der Waals surface area contributed by atoms with Crippen molar-refractivity contribution in [1.82, 2.24) is 10.6 Å². The monoisotopic (exact) mass is 457 g/mol. The summed E-state index contributed by atoms with van der Waals surface area (Å²) in [7, 11) is -0.325. The number of hydrogen-bond acceptors (Lipinski definition) is 4. The highest BCUT2D eigenvalue weighted by atomic mass is 28.3. The summed E-state index contributed by atoms with van der Waals surface area (Å²) in [4.78, 5) is 37.3. The van der Waals surface area contributed by atoms with Crippen molar-refractivity contribution < 1.29 is 23.5 Å². The third-order valence-corrected chi connectivity index (χ3v) is 7.41. The van der Waals surface area contributed by atoms with E-state index in [0.717, 1.165) is 0 Å². The number of rotatable bonds is 7. The zero-order valence-corrected chi connectivity index (χ0v) is 19.6. The SMILES string of the molecule is COc1ccc([C@@H](NC(=O)[C@H]2CNC(=O)C2)C(=O)Nc2ccc([Si](C)(C)C)c(F)c2)cc1. The summed E-state index contributed by atoms with van der Waals surface area (Å²) in [6, 6.07) is 10.4. The summed E-state index contributed by atoms with van der Waals surface area (Å²) >= 11 is 0. The predicted molar refractivity (Wildman–Crippen MR) is 123 cm³/mol. The first-order chi connectivity index (χ1) is 15.1. The normalized spacial score (nSPS) is 16.8. The van der Waals surface area contributed by atoms with E-state index in [1.165, 1.54) is 13.2 Å². The molecule has 32 heavy (non-hydrogen) atoms. The zero-order valence-electron chi connectivity index (χ0n) is 18.6. The van der Waals surface area contributed by atoms with Crippen LogP contribution in [0.5, 0.6) is 5.75 Å². The van der Waals surface area contributed by atoms with Crippen LogP contribution >= 0.6 is 0 Å². The van der Waals surface area contributed by atoms with Crippen molar-refractivity contribution in [1.29, 1.82) is 0 Å². The van der Waals surface area contributed by atoms with E-state index in [1.54, 1.807) is 36.4 Å². The van der Waals surface area contributed by atoms with E-state index < -0.39 is 31.8 Å². The average Bonchev–Trinajstić information content (AvgIpc) is 3.17. The number of anilines is 1. The summed E-state index contributed by atoms with van der Waals surface area (Å²) in [5, 5.41) is 8.72. The van der Waals surface area contributed by atoms with Crippen molar-refractivity contribution in [2.45, 2.75) is 32.1 Å². The lowest BCUT2D eigenvalue weighted by atomic mass is 10.0. The Hall–Kier alpha value is -3.20. The van der Waals surface area contributed by atoms with Gasteiger partial charge in [0.25, 0.3) is 5.91 Å². The van der Waals surface area contributed by atoms with Gasteiger partial charge in [-0.25, -0.2) is 4.39 Å². The third kappa shape index (κ3) is 5.53. The van der Waals surface area contributed by atoms with Crippen LogP contribution in [0.1, 0.15) is 18.0 Å². The first kappa shape index (κ1) is 23.5. The molecule has 2 atom stereocenters. The number of halogens is 1. The van der Waals surface area contributed by atoms with Gasteiger partial charge in [-0.05, 0) is 35.0 Å².